The zero-order chi connectivity index (χ0) is 16.8. The molecular weight excluding hydrogens is 288 g/mol. The predicted molar refractivity (Wildman–Crippen MR) is 91.6 cm³/mol. The maximum absolute atomic E-state index is 12.4. The molecule has 0 spiro atoms. The van der Waals surface area contributed by atoms with Crippen LogP contribution in [0.4, 0.5) is 10.5 Å². The zero-order valence-electron chi connectivity index (χ0n) is 14.4. The molecule has 0 saturated heterocycles. The van der Waals surface area contributed by atoms with Gasteiger partial charge in [-0.05, 0) is 55.1 Å². The van der Waals surface area contributed by atoms with Crippen LogP contribution >= 0.6 is 0 Å². The van der Waals surface area contributed by atoms with E-state index in [4.69, 9.17) is 0 Å². The third kappa shape index (κ3) is 2.54. The lowest BCUT2D eigenvalue weighted by molar-refractivity contribution is 0.101. The third-order valence-electron chi connectivity index (χ3n) is 6.63. The lowest BCUT2D eigenvalue weighted by Crippen LogP contribution is -2.48. The van der Waals surface area contributed by atoms with Gasteiger partial charge in [0.25, 0.3) is 0 Å². The number of carbonyl (C=O) groups is 2. The molecule has 2 aliphatic rings. The number of Topliss-reactive ketones (excluding diaryl/α,β-unsaturated/α-hetero) is 1. The Labute approximate surface area is 138 Å². The van der Waals surface area contributed by atoms with Crippen LogP contribution in [0.5, 0.6) is 0 Å². The van der Waals surface area contributed by atoms with E-state index >= 15 is 0 Å². The van der Waals surface area contributed by atoms with Gasteiger partial charge in [0.15, 0.2) is 5.78 Å². The van der Waals surface area contributed by atoms with Crippen LogP contribution in [0.2, 0.25) is 0 Å². The van der Waals surface area contributed by atoms with Crippen LogP contribution in [0.25, 0.3) is 0 Å². The summed E-state index contributed by atoms with van der Waals surface area (Å²) < 4.78 is 0. The Kier molecular flexibility index (Phi) is 3.74. The number of hydrogen-bond donors (Lipinski definition) is 2. The molecule has 0 aliphatic heterocycles. The number of urea groups is 1. The normalized spacial score (nSPS) is 31.0. The smallest absolute Gasteiger partial charge is 0.319 e. The Morgan fingerprint density at radius 3 is 2.52 bits per heavy atom. The summed E-state index contributed by atoms with van der Waals surface area (Å²) in [5, 5.41) is 6.03. The first kappa shape index (κ1) is 16.0. The second kappa shape index (κ2) is 5.36. The number of nitrogens with one attached hydrogen (secondary N) is 2. The molecule has 2 bridgehead atoms. The summed E-state index contributed by atoms with van der Waals surface area (Å²) in [5.41, 5.74) is 1.70. The van der Waals surface area contributed by atoms with Crippen molar-refractivity contribution in [3.05, 3.63) is 29.8 Å². The summed E-state index contributed by atoms with van der Waals surface area (Å²) in [4.78, 5) is 23.8. The fourth-order valence-corrected chi connectivity index (χ4v) is 4.56. The van der Waals surface area contributed by atoms with Gasteiger partial charge in [-0.1, -0.05) is 32.9 Å². The lowest BCUT2D eigenvalue weighted by atomic mass is 9.69. The van der Waals surface area contributed by atoms with Crippen LogP contribution in [0, 0.1) is 16.7 Å². The summed E-state index contributed by atoms with van der Waals surface area (Å²) in [5.74, 6) is 0.690. The lowest BCUT2D eigenvalue weighted by Gasteiger charge is -2.39. The molecule has 2 aliphatic carbocycles. The van der Waals surface area contributed by atoms with Crippen molar-refractivity contribution >= 4 is 17.5 Å². The molecule has 2 saturated carbocycles. The van der Waals surface area contributed by atoms with Gasteiger partial charge >= 0.3 is 6.03 Å². The fraction of sp³-hybridized carbons (Fsp3) is 0.579. The highest BCUT2D eigenvalue weighted by Gasteiger charge is 2.61. The number of benzene rings is 1. The van der Waals surface area contributed by atoms with Gasteiger partial charge in [0.05, 0.1) is 0 Å². The minimum Gasteiger partial charge on any atom is -0.335 e. The van der Waals surface area contributed by atoms with Crippen molar-refractivity contribution in [1.29, 1.82) is 0 Å². The minimum absolute atomic E-state index is 0.00331. The van der Waals surface area contributed by atoms with Crippen LogP contribution in [0.1, 0.15) is 57.3 Å². The van der Waals surface area contributed by atoms with E-state index in [0.717, 1.165) is 6.42 Å². The van der Waals surface area contributed by atoms with Gasteiger partial charge in [0, 0.05) is 17.3 Å². The quantitative estimate of drug-likeness (QED) is 0.820. The molecule has 2 N–H and O–H groups in total. The molecule has 3 rings (SSSR count). The summed E-state index contributed by atoms with van der Waals surface area (Å²) >= 11 is 0. The van der Waals surface area contributed by atoms with Crippen molar-refractivity contribution in [1.82, 2.24) is 5.32 Å². The topological polar surface area (TPSA) is 58.2 Å². The molecule has 4 heteroatoms. The Balaban J connectivity index is 1.67. The van der Waals surface area contributed by atoms with Gasteiger partial charge in [0.1, 0.15) is 0 Å². The molecule has 124 valence electrons. The number of rotatable bonds is 3. The molecule has 1 aromatic rings. The first-order valence-electron chi connectivity index (χ1n) is 8.42. The number of carbonyl (C=O) groups excluding carboxylic acids is 2. The monoisotopic (exact) mass is 314 g/mol. The van der Waals surface area contributed by atoms with Crippen LogP contribution in [-0.2, 0) is 0 Å². The molecule has 0 aromatic heterocycles. The fourth-order valence-electron chi connectivity index (χ4n) is 4.56. The number of hydrogen-bond acceptors (Lipinski definition) is 2. The van der Waals surface area contributed by atoms with E-state index in [0.29, 0.717) is 17.2 Å². The first-order chi connectivity index (χ1) is 10.7. The Morgan fingerprint density at radius 1 is 1.22 bits per heavy atom. The van der Waals surface area contributed by atoms with Crippen molar-refractivity contribution < 1.29 is 9.59 Å². The number of amides is 2. The molecule has 3 unspecified atom stereocenters. The second-order valence-corrected chi connectivity index (χ2v) is 7.90. The van der Waals surface area contributed by atoms with Crippen molar-refractivity contribution in [2.75, 3.05) is 5.32 Å². The molecule has 2 fully saturated rings. The maximum Gasteiger partial charge on any atom is 0.319 e. The molecule has 1 aromatic carbocycles. The third-order valence-corrected chi connectivity index (χ3v) is 6.63. The molecule has 0 radical (unpaired) electrons. The molecule has 2 amide bonds. The highest BCUT2D eigenvalue weighted by atomic mass is 16.2. The van der Waals surface area contributed by atoms with E-state index in [2.05, 4.69) is 31.4 Å². The average Bonchev–Trinajstić information content (AvgIpc) is 2.80. The molecule has 23 heavy (non-hydrogen) atoms. The summed E-state index contributed by atoms with van der Waals surface area (Å²) in [6, 6.07) is 7.10. The molecular formula is C19H26N2O2. The Morgan fingerprint density at radius 2 is 1.96 bits per heavy atom. The Hall–Kier alpha value is -1.84. The van der Waals surface area contributed by atoms with Gasteiger partial charge in [0.2, 0.25) is 0 Å². The van der Waals surface area contributed by atoms with Crippen molar-refractivity contribution in [3.8, 4) is 0 Å². The second-order valence-electron chi connectivity index (χ2n) is 7.90. The van der Waals surface area contributed by atoms with Crippen LogP contribution in [0.15, 0.2) is 24.3 Å². The van der Waals surface area contributed by atoms with Gasteiger partial charge in [-0.15, -0.1) is 0 Å². The van der Waals surface area contributed by atoms with Crippen LogP contribution in [-0.4, -0.2) is 17.9 Å². The molecule has 0 heterocycles. The van der Waals surface area contributed by atoms with Gasteiger partial charge in [-0.2, -0.15) is 0 Å². The number of fused-ring (bicyclic) bond motifs is 2. The van der Waals surface area contributed by atoms with E-state index in [9.17, 15) is 9.59 Å². The van der Waals surface area contributed by atoms with E-state index in [1.54, 1.807) is 24.3 Å². The average molecular weight is 314 g/mol. The predicted octanol–water partition coefficient (Wildman–Crippen LogP) is 4.23. The summed E-state index contributed by atoms with van der Waals surface area (Å²) in [7, 11) is 0. The van der Waals surface area contributed by atoms with Crippen LogP contribution < -0.4 is 10.6 Å². The molecule has 4 nitrogen and oxygen atoms in total. The highest BCUT2D eigenvalue weighted by Crippen LogP contribution is 2.65. The SMILES string of the molecule is CC(=O)c1cccc(NC(=O)NC2CC3CCC2(C)C3(C)C)c1. The van der Waals surface area contributed by atoms with Crippen LogP contribution in [0.3, 0.4) is 0 Å². The largest absolute Gasteiger partial charge is 0.335 e. The Bertz CT molecular complexity index is 653. The van der Waals surface area contributed by atoms with Crippen molar-refractivity contribution in [2.24, 2.45) is 16.7 Å². The standard InChI is InChI=1S/C19H26N2O2/c1-12(22)13-6-5-7-15(10-13)20-17(23)21-16-11-14-8-9-19(16,4)18(14,2)3/h5-7,10,14,16H,8-9,11H2,1-4H3,(H2,20,21,23). The summed E-state index contributed by atoms with van der Waals surface area (Å²) in [6.45, 7) is 8.50. The van der Waals surface area contributed by atoms with E-state index < -0.39 is 0 Å². The maximum atomic E-state index is 12.4. The van der Waals surface area contributed by atoms with E-state index in [1.807, 2.05) is 0 Å². The minimum atomic E-state index is -0.180. The highest BCUT2D eigenvalue weighted by molar-refractivity contribution is 5.96. The number of anilines is 1. The zero-order valence-corrected chi connectivity index (χ0v) is 14.4. The van der Waals surface area contributed by atoms with Gasteiger partial charge < -0.3 is 10.6 Å². The van der Waals surface area contributed by atoms with E-state index in [1.165, 1.54) is 19.8 Å². The van der Waals surface area contributed by atoms with Crippen molar-refractivity contribution in [2.45, 2.75) is 53.0 Å². The first-order valence-corrected chi connectivity index (χ1v) is 8.42. The molecule has 3 atom stereocenters. The van der Waals surface area contributed by atoms with Crippen molar-refractivity contribution in [3.63, 3.8) is 0 Å². The number of ketones is 1. The van der Waals surface area contributed by atoms with Gasteiger partial charge in [-0.25, -0.2) is 4.79 Å². The van der Waals surface area contributed by atoms with E-state index in [-0.39, 0.29) is 28.7 Å². The van der Waals surface area contributed by atoms with Gasteiger partial charge in [-0.3, -0.25) is 4.79 Å². The summed E-state index contributed by atoms with van der Waals surface area (Å²) in [6.07, 6.45) is 3.50.